The summed E-state index contributed by atoms with van der Waals surface area (Å²) < 4.78 is 13.0. The standard InChI is InChI=1S/C13H18FN/c1-10-7-12(5-6-15-10)8-11-3-2-4-13(14)9-11/h2-4,9-10,12,15H,5-8H2,1H3. The van der Waals surface area contributed by atoms with Crippen LogP contribution in [0.15, 0.2) is 24.3 Å². The van der Waals surface area contributed by atoms with E-state index in [9.17, 15) is 4.39 Å². The first-order valence-corrected chi connectivity index (χ1v) is 5.72. The van der Waals surface area contributed by atoms with E-state index in [0.29, 0.717) is 12.0 Å². The Balaban J connectivity index is 1.96. The highest BCUT2D eigenvalue weighted by molar-refractivity contribution is 5.17. The molecule has 15 heavy (non-hydrogen) atoms. The fourth-order valence-corrected chi connectivity index (χ4v) is 2.42. The van der Waals surface area contributed by atoms with Crippen LogP contribution in [0, 0.1) is 11.7 Å². The highest BCUT2D eigenvalue weighted by atomic mass is 19.1. The fraction of sp³-hybridized carbons (Fsp3) is 0.538. The molecule has 1 aliphatic heterocycles. The minimum atomic E-state index is -0.116. The Morgan fingerprint density at radius 2 is 2.33 bits per heavy atom. The second kappa shape index (κ2) is 4.75. The Bertz CT molecular complexity index is 324. The van der Waals surface area contributed by atoms with E-state index < -0.39 is 0 Å². The zero-order valence-corrected chi connectivity index (χ0v) is 9.17. The van der Waals surface area contributed by atoms with E-state index in [-0.39, 0.29) is 5.82 Å². The van der Waals surface area contributed by atoms with Crippen LogP contribution in [-0.4, -0.2) is 12.6 Å². The molecule has 1 aromatic carbocycles. The van der Waals surface area contributed by atoms with Gasteiger partial charge in [0.15, 0.2) is 0 Å². The Morgan fingerprint density at radius 1 is 1.47 bits per heavy atom. The quantitative estimate of drug-likeness (QED) is 0.786. The first kappa shape index (κ1) is 10.6. The summed E-state index contributed by atoms with van der Waals surface area (Å²) in [5, 5.41) is 3.44. The van der Waals surface area contributed by atoms with Crippen LogP contribution in [0.2, 0.25) is 0 Å². The smallest absolute Gasteiger partial charge is 0.123 e. The normalized spacial score (nSPS) is 26.5. The van der Waals surface area contributed by atoms with Crippen molar-refractivity contribution in [3.05, 3.63) is 35.6 Å². The SMILES string of the molecule is CC1CC(Cc2cccc(F)c2)CCN1. The zero-order valence-electron chi connectivity index (χ0n) is 9.17. The van der Waals surface area contributed by atoms with Crippen molar-refractivity contribution in [2.24, 2.45) is 5.92 Å². The lowest BCUT2D eigenvalue weighted by Gasteiger charge is -2.28. The van der Waals surface area contributed by atoms with Crippen LogP contribution in [0.25, 0.3) is 0 Å². The molecule has 1 nitrogen and oxygen atoms in total. The van der Waals surface area contributed by atoms with Gasteiger partial charge in [0, 0.05) is 6.04 Å². The average Bonchev–Trinajstić information content (AvgIpc) is 2.17. The molecule has 2 heteroatoms. The number of hydrogen-bond acceptors (Lipinski definition) is 1. The Hall–Kier alpha value is -0.890. The molecule has 0 bridgehead atoms. The van der Waals surface area contributed by atoms with Crippen molar-refractivity contribution < 1.29 is 4.39 Å². The van der Waals surface area contributed by atoms with Gasteiger partial charge in [-0.3, -0.25) is 0 Å². The van der Waals surface area contributed by atoms with Gasteiger partial charge < -0.3 is 5.32 Å². The van der Waals surface area contributed by atoms with Crippen LogP contribution >= 0.6 is 0 Å². The number of halogens is 1. The molecule has 0 aliphatic carbocycles. The van der Waals surface area contributed by atoms with E-state index >= 15 is 0 Å². The minimum absolute atomic E-state index is 0.116. The molecule has 1 aromatic rings. The van der Waals surface area contributed by atoms with Crippen molar-refractivity contribution in [1.82, 2.24) is 5.32 Å². The molecule has 2 rings (SSSR count). The maximum Gasteiger partial charge on any atom is 0.123 e. The van der Waals surface area contributed by atoms with Gasteiger partial charge in [0.05, 0.1) is 0 Å². The summed E-state index contributed by atoms with van der Waals surface area (Å²) in [7, 11) is 0. The van der Waals surface area contributed by atoms with E-state index in [1.807, 2.05) is 6.07 Å². The number of rotatable bonds is 2. The summed E-state index contributed by atoms with van der Waals surface area (Å²) >= 11 is 0. The maximum absolute atomic E-state index is 13.0. The molecule has 1 saturated heterocycles. The topological polar surface area (TPSA) is 12.0 Å². The van der Waals surface area contributed by atoms with Gasteiger partial charge in [-0.2, -0.15) is 0 Å². The minimum Gasteiger partial charge on any atom is -0.314 e. The number of piperidine rings is 1. The molecule has 0 radical (unpaired) electrons. The van der Waals surface area contributed by atoms with Gasteiger partial charge in [0.2, 0.25) is 0 Å². The third-order valence-electron chi connectivity index (χ3n) is 3.15. The number of benzene rings is 1. The van der Waals surface area contributed by atoms with Crippen LogP contribution in [0.4, 0.5) is 4.39 Å². The summed E-state index contributed by atoms with van der Waals surface area (Å²) in [6.07, 6.45) is 3.43. The molecule has 1 heterocycles. The van der Waals surface area contributed by atoms with Crippen molar-refractivity contribution >= 4 is 0 Å². The summed E-state index contributed by atoms with van der Waals surface area (Å²) in [5.41, 5.74) is 1.13. The van der Waals surface area contributed by atoms with E-state index in [0.717, 1.165) is 18.5 Å². The maximum atomic E-state index is 13.0. The van der Waals surface area contributed by atoms with Crippen molar-refractivity contribution in [2.75, 3.05) is 6.54 Å². The molecular weight excluding hydrogens is 189 g/mol. The molecule has 2 unspecified atom stereocenters. The molecule has 1 N–H and O–H groups in total. The zero-order chi connectivity index (χ0) is 10.7. The summed E-state index contributed by atoms with van der Waals surface area (Å²) in [4.78, 5) is 0. The number of nitrogens with one attached hydrogen (secondary N) is 1. The third kappa shape index (κ3) is 3.03. The van der Waals surface area contributed by atoms with Gasteiger partial charge in [-0.1, -0.05) is 12.1 Å². The summed E-state index contributed by atoms with van der Waals surface area (Å²) in [6.45, 7) is 3.32. The molecule has 82 valence electrons. The highest BCUT2D eigenvalue weighted by Crippen LogP contribution is 2.21. The molecule has 2 atom stereocenters. The predicted molar refractivity (Wildman–Crippen MR) is 60.3 cm³/mol. The predicted octanol–water partition coefficient (Wildman–Crippen LogP) is 2.76. The van der Waals surface area contributed by atoms with Crippen LogP contribution in [-0.2, 0) is 6.42 Å². The van der Waals surface area contributed by atoms with Crippen LogP contribution in [0.3, 0.4) is 0 Å². The molecule has 0 amide bonds. The van der Waals surface area contributed by atoms with E-state index in [4.69, 9.17) is 0 Å². The molecule has 0 spiro atoms. The molecule has 1 aliphatic rings. The second-order valence-electron chi connectivity index (χ2n) is 4.58. The highest BCUT2D eigenvalue weighted by Gasteiger charge is 2.18. The first-order chi connectivity index (χ1) is 7.24. The van der Waals surface area contributed by atoms with Crippen molar-refractivity contribution in [2.45, 2.75) is 32.2 Å². The van der Waals surface area contributed by atoms with Crippen molar-refractivity contribution in [3.8, 4) is 0 Å². The molecular formula is C13H18FN. The molecule has 0 aromatic heterocycles. The van der Waals surface area contributed by atoms with E-state index in [1.165, 1.54) is 18.9 Å². The van der Waals surface area contributed by atoms with E-state index in [1.54, 1.807) is 12.1 Å². The van der Waals surface area contributed by atoms with Gasteiger partial charge in [-0.25, -0.2) is 4.39 Å². The lowest BCUT2D eigenvalue weighted by molar-refractivity contribution is 0.314. The Kier molecular flexibility index (Phi) is 3.37. The molecule has 0 saturated carbocycles. The Morgan fingerprint density at radius 3 is 3.07 bits per heavy atom. The number of hydrogen-bond donors (Lipinski definition) is 1. The van der Waals surface area contributed by atoms with E-state index in [2.05, 4.69) is 12.2 Å². The van der Waals surface area contributed by atoms with Crippen LogP contribution in [0.5, 0.6) is 0 Å². The Labute approximate surface area is 90.7 Å². The van der Waals surface area contributed by atoms with Gasteiger partial charge in [0.1, 0.15) is 5.82 Å². The van der Waals surface area contributed by atoms with Gasteiger partial charge in [0.25, 0.3) is 0 Å². The van der Waals surface area contributed by atoms with Gasteiger partial charge in [-0.05, 0) is 56.3 Å². The van der Waals surface area contributed by atoms with Crippen LogP contribution in [0.1, 0.15) is 25.3 Å². The fourth-order valence-electron chi connectivity index (χ4n) is 2.42. The summed E-state index contributed by atoms with van der Waals surface area (Å²) in [6, 6.07) is 7.60. The second-order valence-corrected chi connectivity index (χ2v) is 4.58. The third-order valence-corrected chi connectivity index (χ3v) is 3.15. The average molecular weight is 207 g/mol. The lowest BCUT2D eigenvalue weighted by Crippen LogP contribution is -2.36. The monoisotopic (exact) mass is 207 g/mol. The van der Waals surface area contributed by atoms with Gasteiger partial charge in [-0.15, -0.1) is 0 Å². The largest absolute Gasteiger partial charge is 0.314 e. The van der Waals surface area contributed by atoms with Crippen LogP contribution < -0.4 is 5.32 Å². The summed E-state index contributed by atoms with van der Waals surface area (Å²) in [5.74, 6) is 0.595. The first-order valence-electron chi connectivity index (χ1n) is 5.72. The van der Waals surface area contributed by atoms with Crippen molar-refractivity contribution in [3.63, 3.8) is 0 Å². The van der Waals surface area contributed by atoms with Gasteiger partial charge >= 0.3 is 0 Å². The molecule has 1 fully saturated rings. The van der Waals surface area contributed by atoms with Crippen molar-refractivity contribution in [1.29, 1.82) is 0 Å². The lowest BCUT2D eigenvalue weighted by atomic mass is 9.88.